The van der Waals surface area contributed by atoms with Crippen molar-refractivity contribution in [2.24, 2.45) is 0 Å². The third-order valence-corrected chi connectivity index (χ3v) is 2.83. The van der Waals surface area contributed by atoms with E-state index in [9.17, 15) is 9.59 Å². The highest BCUT2D eigenvalue weighted by molar-refractivity contribution is 6.01. The Morgan fingerprint density at radius 3 is 2.95 bits per heavy atom. The first-order valence-corrected chi connectivity index (χ1v) is 6.32. The number of nitrogen functional groups attached to an aromatic ring is 1. The van der Waals surface area contributed by atoms with Gasteiger partial charge in [0.1, 0.15) is 23.5 Å². The van der Waals surface area contributed by atoms with Gasteiger partial charge >= 0.3 is 0 Å². The van der Waals surface area contributed by atoms with Crippen LogP contribution in [-0.4, -0.2) is 27.8 Å². The molecule has 2 amide bonds. The predicted octanol–water partition coefficient (Wildman–Crippen LogP) is 0.228. The summed E-state index contributed by atoms with van der Waals surface area (Å²) in [4.78, 5) is 31.1. The second-order valence-corrected chi connectivity index (χ2v) is 4.49. The van der Waals surface area contributed by atoms with Crippen molar-refractivity contribution in [1.82, 2.24) is 15.3 Å². The third-order valence-electron chi connectivity index (χ3n) is 2.83. The van der Waals surface area contributed by atoms with Gasteiger partial charge in [-0.25, -0.2) is 9.97 Å². The molecule has 7 nitrogen and oxygen atoms in total. The molecule has 4 N–H and O–H groups in total. The Bertz CT molecular complexity index is 503. The van der Waals surface area contributed by atoms with Crippen LogP contribution in [0.1, 0.15) is 32.0 Å². The van der Waals surface area contributed by atoms with E-state index in [2.05, 4.69) is 20.6 Å². The first kappa shape index (κ1) is 13.3. The highest BCUT2D eigenvalue weighted by Gasteiger charge is 2.26. The van der Waals surface area contributed by atoms with E-state index in [1.165, 1.54) is 0 Å². The Kier molecular flexibility index (Phi) is 3.94. The van der Waals surface area contributed by atoms with Crippen LogP contribution < -0.4 is 16.4 Å². The SMILES string of the molecule is CCCc1nc(N)cc(NC2CCC(=O)NC2=O)n1. The molecule has 1 aromatic heterocycles. The number of nitrogens with one attached hydrogen (secondary N) is 2. The molecule has 0 saturated carbocycles. The molecule has 1 aliphatic heterocycles. The number of hydrogen-bond acceptors (Lipinski definition) is 6. The van der Waals surface area contributed by atoms with Gasteiger partial charge in [-0.15, -0.1) is 0 Å². The van der Waals surface area contributed by atoms with Crippen LogP contribution in [0, 0.1) is 0 Å². The average molecular weight is 263 g/mol. The smallest absolute Gasteiger partial charge is 0.249 e. The fourth-order valence-electron chi connectivity index (χ4n) is 1.94. The lowest BCUT2D eigenvalue weighted by molar-refractivity contribution is -0.133. The topological polar surface area (TPSA) is 110 Å². The summed E-state index contributed by atoms with van der Waals surface area (Å²) >= 11 is 0. The summed E-state index contributed by atoms with van der Waals surface area (Å²) in [6.45, 7) is 2.03. The number of carbonyl (C=O) groups excluding carboxylic acids is 2. The molecule has 102 valence electrons. The number of carbonyl (C=O) groups is 2. The molecule has 0 aliphatic carbocycles. The van der Waals surface area contributed by atoms with Gasteiger partial charge in [-0.3, -0.25) is 14.9 Å². The van der Waals surface area contributed by atoms with Gasteiger partial charge in [0.15, 0.2) is 0 Å². The number of imide groups is 1. The van der Waals surface area contributed by atoms with Gasteiger partial charge in [-0.2, -0.15) is 0 Å². The quantitative estimate of drug-likeness (QED) is 0.671. The number of nitrogens with two attached hydrogens (primary N) is 1. The van der Waals surface area contributed by atoms with Crippen molar-refractivity contribution in [2.45, 2.75) is 38.6 Å². The van der Waals surface area contributed by atoms with E-state index in [-0.39, 0.29) is 11.8 Å². The number of aryl methyl sites for hydroxylation is 1. The molecule has 1 unspecified atom stereocenters. The number of amides is 2. The van der Waals surface area contributed by atoms with Crippen LogP contribution in [0.2, 0.25) is 0 Å². The summed E-state index contributed by atoms with van der Waals surface area (Å²) in [6.07, 6.45) is 2.43. The van der Waals surface area contributed by atoms with Gasteiger partial charge in [-0.1, -0.05) is 6.92 Å². The average Bonchev–Trinajstić information content (AvgIpc) is 2.32. The fourth-order valence-corrected chi connectivity index (χ4v) is 1.94. The highest BCUT2D eigenvalue weighted by Crippen LogP contribution is 2.14. The van der Waals surface area contributed by atoms with E-state index in [1.807, 2.05) is 6.92 Å². The molecule has 7 heteroatoms. The molecule has 2 rings (SSSR count). The number of rotatable bonds is 4. The fraction of sp³-hybridized carbons (Fsp3) is 0.500. The molecular formula is C12H17N5O2. The number of aromatic nitrogens is 2. The Hall–Kier alpha value is -2.18. The minimum atomic E-state index is -0.457. The summed E-state index contributed by atoms with van der Waals surface area (Å²) < 4.78 is 0. The van der Waals surface area contributed by atoms with Crippen LogP contribution in [0.4, 0.5) is 11.6 Å². The van der Waals surface area contributed by atoms with E-state index in [0.717, 1.165) is 12.8 Å². The van der Waals surface area contributed by atoms with Crippen LogP contribution in [0.25, 0.3) is 0 Å². The third kappa shape index (κ3) is 3.40. The zero-order valence-electron chi connectivity index (χ0n) is 10.8. The molecule has 1 fully saturated rings. The molecule has 19 heavy (non-hydrogen) atoms. The maximum absolute atomic E-state index is 11.6. The lowest BCUT2D eigenvalue weighted by atomic mass is 10.1. The van der Waals surface area contributed by atoms with Crippen LogP contribution in [0.3, 0.4) is 0 Å². The first-order chi connectivity index (χ1) is 9.08. The minimum Gasteiger partial charge on any atom is -0.384 e. The highest BCUT2D eigenvalue weighted by atomic mass is 16.2. The van der Waals surface area contributed by atoms with Gasteiger partial charge < -0.3 is 11.1 Å². The molecular weight excluding hydrogens is 246 g/mol. The summed E-state index contributed by atoms with van der Waals surface area (Å²) in [5.41, 5.74) is 5.71. The standard InChI is InChI=1S/C12H17N5O2/c1-2-3-9-15-8(13)6-10(16-9)14-7-4-5-11(18)17-12(7)19/h6-7H,2-5H2,1H3,(H,17,18,19)(H3,13,14,15,16). The zero-order chi connectivity index (χ0) is 13.8. The normalized spacial score (nSPS) is 19.1. The summed E-state index contributed by atoms with van der Waals surface area (Å²) in [6, 6.07) is 1.13. The second kappa shape index (κ2) is 5.64. The van der Waals surface area contributed by atoms with E-state index in [0.29, 0.717) is 30.3 Å². The van der Waals surface area contributed by atoms with Crippen molar-refractivity contribution in [3.05, 3.63) is 11.9 Å². The second-order valence-electron chi connectivity index (χ2n) is 4.49. The molecule has 1 saturated heterocycles. The van der Waals surface area contributed by atoms with E-state index in [4.69, 9.17) is 5.73 Å². The van der Waals surface area contributed by atoms with E-state index in [1.54, 1.807) is 6.07 Å². The summed E-state index contributed by atoms with van der Waals surface area (Å²) in [5.74, 6) is 0.971. The van der Waals surface area contributed by atoms with Crippen molar-refractivity contribution in [1.29, 1.82) is 0 Å². The molecule has 0 bridgehead atoms. The summed E-state index contributed by atoms with van der Waals surface area (Å²) in [7, 11) is 0. The Morgan fingerprint density at radius 2 is 2.26 bits per heavy atom. The molecule has 1 aliphatic rings. The first-order valence-electron chi connectivity index (χ1n) is 6.32. The van der Waals surface area contributed by atoms with Gasteiger partial charge in [0.2, 0.25) is 11.8 Å². The van der Waals surface area contributed by atoms with Gasteiger partial charge in [-0.05, 0) is 12.8 Å². The Balaban J connectivity index is 2.10. The maximum atomic E-state index is 11.6. The molecule has 1 atom stereocenters. The van der Waals surface area contributed by atoms with Gasteiger partial charge in [0, 0.05) is 18.9 Å². The lowest BCUT2D eigenvalue weighted by Crippen LogP contribution is -2.47. The molecule has 0 radical (unpaired) electrons. The number of anilines is 2. The van der Waals surface area contributed by atoms with Crippen molar-refractivity contribution in [2.75, 3.05) is 11.1 Å². The number of nitrogens with zero attached hydrogens (tertiary/aromatic N) is 2. The van der Waals surface area contributed by atoms with Crippen LogP contribution in [-0.2, 0) is 16.0 Å². The number of hydrogen-bond donors (Lipinski definition) is 3. The Labute approximate surface area is 111 Å². The molecule has 1 aromatic rings. The van der Waals surface area contributed by atoms with Gasteiger partial charge in [0.25, 0.3) is 0 Å². The van der Waals surface area contributed by atoms with Crippen molar-refractivity contribution in [3.63, 3.8) is 0 Å². The molecule has 0 aromatic carbocycles. The monoisotopic (exact) mass is 263 g/mol. The zero-order valence-corrected chi connectivity index (χ0v) is 10.8. The van der Waals surface area contributed by atoms with Crippen LogP contribution in [0.5, 0.6) is 0 Å². The van der Waals surface area contributed by atoms with Crippen molar-refractivity contribution < 1.29 is 9.59 Å². The Morgan fingerprint density at radius 1 is 1.47 bits per heavy atom. The maximum Gasteiger partial charge on any atom is 0.249 e. The predicted molar refractivity (Wildman–Crippen MR) is 70.2 cm³/mol. The number of piperidine rings is 1. The van der Waals surface area contributed by atoms with Crippen molar-refractivity contribution in [3.8, 4) is 0 Å². The van der Waals surface area contributed by atoms with Gasteiger partial charge in [0.05, 0.1) is 0 Å². The summed E-state index contributed by atoms with van der Waals surface area (Å²) in [5, 5.41) is 5.28. The van der Waals surface area contributed by atoms with E-state index >= 15 is 0 Å². The van der Waals surface area contributed by atoms with Crippen LogP contribution in [0.15, 0.2) is 6.07 Å². The van der Waals surface area contributed by atoms with E-state index < -0.39 is 6.04 Å². The minimum absolute atomic E-state index is 0.239. The van der Waals surface area contributed by atoms with Crippen LogP contribution >= 0.6 is 0 Å². The largest absolute Gasteiger partial charge is 0.384 e. The molecule has 0 spiro atoms. The molecule has 2 heterocycles. The lowest BCUT2D eigenvalue weighted by Gasteiger charge is -2.22. The van der Waals surface area contributed by atoms with Crippen molar-refractivity contribution >= 4 is 23.5 Å².